The van der Waals surface area contributed by atoms with Gasteiger partial charge in [-0.05, 0) is 42.0 Å². The molecule has 0 aromatic heterocycles. The summed E-state index contributed by atoms with van der Waals surface area (Å²) >= 11 is 5.69. The van der Waals surface area contributed by atoms with Crippen LogP contribution in [-0.2, 0) is 6.61 Å². The van der Waals surface area contributed by atoms with Crippen molar-refractivity contribution in [3.05, 3.63) is 64.4 Å². The van der Waals surface area contributed by atoms with Crippen LogP contribution in [0.4, 0.5) is 9.18 Å². The second-order valence-electron chi connectivity index (χ2n) is 4.33. The minimum Gasteiger partial charge on any atom is -0.489 e. The number of benzene rings is 2. The molecule has 2 aromatic carbocycles. The summed E-state index contributed by atoms with van der Waals surface area (Å²) in [4.78, 5) is 10.5. The maximum atomic E-state index is 13.6. The van der Waals surface area contributed by atoms with Crippen molar-refractivity contribution in [1.29, 1.82) is 0 Å². The van der Waals surface area contributed by atoms with E-state index in [4.69, 9.17) is 22.1 Å². The Morgan fingerprint density at radius 3 is 2.68 bits per heavy atom. The van der Waals surface area contributed by atoms with Gasteiger partial charge >= 0.3 is 6.03 Å². The number of halogens is 2. The predicted molar refractivity (Wildman–Crippen MR) is 82.5 cm³/mol. The van der Waals surface area contributed by atoms with E-state index in [2.05, 4.69) is 10.5 Å². The number of carbonyl (C=O) groups is 1. The van der Waals surface area contributed by atoms with E-state index < -0.39 is 11.8 Å². The Balaban J connectivity index is 1.93. The van der Waals surface area contributed by atoms with Crippen LogP contribution in [0.5, 0.6) is 5.75 Å². The highest BCUT2D eigenvalue weighted by Gasteiger charge is 2.04. The number of hydrogen-bond donors (Lipinski definition) is 2. The van der Waals surface area contributed by atoms with Crippen molar-refractivity contribution in [3.63, 3.8) is 0 Å². The summed E-state index contributed by atoms with van der Waals surface area (Å²) < 4.78 is 19.1. The minimum atomic E-state index is -0.735. The monoisotopic (exact) mass is 321 g/mol. The summed E-state index contributed by atoms with van der Waals surface area (Å²) in [5, 5.41) is 3.97. The van der Waals surface area contributed by atoms with Gasteiger partial charge in [0.1, 0.15) is 18.2 Å². The van der Waals surface area contributed by atoms with E-state index in [0.717, 1.165) is 5.56 Å². The molecule has 0 atom stereocenters. The predicted octanol–water partition coefficient (Wildman–Crippen LogP) is 3.06. The maximum absolute atomic E-state index is 13.6. The average molecular weight is 322 g/mol. The Morgan fingerprint density at radius 1 is 1.32 bits per heavy atom. The molecule has 0 saturated carbocycles. The van der Waals surface area contributed by atoms with Crippen LogP contribution in [0.2, 0.25) is 5.02 Å². The van der Waals surface area contributed by atoms with Gasteiger partial charge in [0.05, 0.1) is 6.21 Å². The molecule has 5 nitrogen and oxygen atoms in total. The number of hydrazone groups is 1. The molecule has 0 spiro atoms. The number of carbonyl (C=O) groups excluding carboxylic acids is 1. The van der Waals surface area contributed by atoms with Crippen molar-refractivity contribution in [1.82, 2.24) is 5.43 Å². The second-order valence-corrected chi connectivity index (χ2v) is 4.76. The standard InChI is InChI=1S/C15H13ClFN3O2/c16-12-4-3-11(14(17)7-12)9-22-13-5-1-10(2-6-13)8-19-20-15(18)21/h1-8H,9H2,(H3,18,20,21). The van der Waals surface area contributed by atoms with Crippen LogP contribution in [0.1, 0.15) is 11.1 Å². The zero-order chi connectivity index (χ0) is 15.9. The molecule has 0 aliphatic carbocycles. The second kappa shape index (κ2) is 7.42. The molecule has 0 saturated heterocycles. The van der Waals surface area contributed by atoms with Gasteiger partial charge in [-0.1, -0.05) is 17.7 Å². The summed E-state index contributed by atoms with van der Waals surface area (Å²) in [6.45, 7) is 0.0969. The number of urea groups is 1. The lowest BCUT2D eigenvalue weighted by atomic mass is 10.2. The van der Waals surface area contributed by atoms with Crippen LogP contribution < -0.4 is 15.9 Å². The third-order valence-electron chi connectivity index (χ3n) is 2.68. The summed E-state index contributed by atoms with van der Waals surface area (Å²) in [6, 6.07) is 10.6. The van der Waals surface area contributed by atoms with Crippen LogP contribution in [0.25, 0.3) is 0 Å². The van der Waals surface area contributed by atoms with E-state index in [1.165, 1.54) is 12.3 Å². The fourth-order valence-electron chi connectivity index (χ4n) is 1.62. The zero-order valence-electron chi connectivity index (χ0n) is 11.4. The van der Waals surface area contributed by atoms with Crippen LogP contribution in [0.15, 0.2) is 47.6 Å². The van der Waals surface area contributed by atoms with E-state index >= 15 is 0 Å². The highest BCUT2D eigenvalue weighted by Crippen LogP contribution is 2.18. The highest BCUT2D eigenvalue weighted by molar-refractivity contribution is 6.30. The number of hydrogen-bond acceptors (Lipinski definition) is 3. The molecule has 22 heavy (non-hydrogen) atoms. The normalized spacial score (nSPS) is 10.6. The number of amides is 2. The lowest BCUT2D eigenvalue weighted by Crippen LogP contribution is -2.24. The molecule has 3 N–H and O–H groups in total. The Hall–Kier alpha value is -2.60. The van der Waals surface area contributed by atoms with Crippen molar-refractivity contribution in [2.45, 2.75) is 6.61 Å². The summed E-state index contributed by atoms with van der Waals surface area (Å²) in [6.07, 6.45) is 1.44. The molecule has 0 unspecified atom stereocenters. The van der Waals surface area contributed by atoms with Crippen molar-refractivity contribution in [2.24, 2.45) is 10.8 Å². The maximum Gasteiger partial charge on any atom is 0.332 e. The van der Waals surface area contributed by atoms with E-state index in [0.29, 0.717) is 16.3 Å². The Morgan fingerprint density at radius 2 is 2.05 bits per heavy atom. The SMILES string of the molecule is NC(=O)NN=Cc1ccc(OCc2ccc(Cl)cc2F)cc1. The van der Waals surface area contributed by atoms with Crippen molar-refractivity contribution in [3.8, 4) is 5.75 Å². The number of nitrogens with zero attached hydrogens (tertiary/aromatic N) is 1. The van der Waals surface area contributed by atoms with Crippen molar-refractivity contribution in [2.75, 3.05) is 0 Å². The molecular weight excluding hydrogens is 309 g/mol. The van der Waals surface area contributed by atoms with Gasteiger partial charge in [0.15, 0.2) is 0 Å². The Kier molecular flexibility index (Phi) is 5.32. The summed E-state index contributed by atoms with van der Waals surface area (Å²) in [7, 11) is 0. The van der Waals surface area contributed by atoms with Gasteiger partial charge in [-0.2, -0.15) is 5.10 Å². The largest absolute Gasteiger partial charge is 0.489 e. The molecule has 0 heterocycles. The molecule has 0 radical (unpaired) electrons. The van der Waals surface area contributed by atoms with E-state index in [1.54, 1.807) is 36.4 Å². The average Bonchev–Trinajstić information content (AvgIpc) is 2.47. The first kappa shape index (κ1) is 15.8. The quantitative estimate of drug-likeness (QED) is 0.656. The lowest BCUT2D eigenvalue weighted by Gasteiger charge is -2.07. The highest BCUT2D eigenvalue weighted by atomic mass is 35.5. The first-order valence-corrected chi connectivity index (χ1v) is 6.67. The van der Waals surface area contributed by atoms with Gasteiger partial charge < -0.3 is 10.5 Å². The number of nitrogens with one attached hydrogen (secondary N) is 1. The first-order valence-electron chi connectivity index (χ1n) is 6.30. The molecule has 0 bridgehead atoms. The smallest absolute Gasteiger partial charge is 0.332 e. The molecule has 0 aliphatic heterocycles. The van der Waals surface area contributed by atoms with Crippen LogP contribution in [0.3, 0.4) is 0 Å². The number of rotatable bonds is 5. The Bertz CT molecular complexity index is 690. The molecule has 2 amide bonds. The van der Waals surface area contributed by atoms with Crippen molar-refractivity contribution >= 4 is 23.8 Å². The fourth-order valence-corrected chi connectivity index (χ4v) is 1.78. The Labute approximate surface area is 131 Å². The summed E-state index contributed by atoms with van der Waals surface area (Å²) in [5.41, 5.74) is 8.13. The van der Waals surface area contributed by atoms with Crippen LogP contribution in [-0.4, -0.2) is 12.2 Å². The minimum absolute atomic E-state index is 0.0969. The zero-order valence-corrected chi connectivity index (χ0v) is 12.2. The van der Waals surface area contributed by atoms with E-state index in [9.17, 15) is 9.18 Å². The first-order chi connectivity index (χ1) is 10.5. The van der Waals surface area contributed by atoms with E-state index in [-0.39, 0.29) is 6.61 Å². The lowest BCUT2D eigenvalue weighted by molar-refractivity contribution is 0.249. The fraction of sp³-hybridized carbons (Fsp3) is 0.0667. The molecule has 114 valence electrons. The molecule has 2 rings (SSSR count). The molecule has 0 aliphatic rings. The van der Waals surface area contributed by atoms with Crippen LogP contribution >= 0.6 is 11.6 Å². The number of primary amides is 1. The van der Waals surface area contributed by atoms with E-state index in [1.807, 2.05) is 0 Å². The van der Waals surface area contributed by atoms with Gasteiger partial charge in [-0.25, -0.2) is 14.6 Å². The molecule has 2 aromatic rings. The van der Waals surface area contributed by atoms with Gasteiger partial charge in [0.2, 0.25) is 0 Å². The van der Waals surface area contributed by atoms with Gasteiger partial charge in [0, 0.05) is 10.6 Å². The third kappa shape index (κ3) is 4.75. The van der Waals surface area contributed by atoms with Crippen LogP contribution in [0, 0.1) is 5.82 Å². The summed E-state index contributed by atoms with van der Waals surface area (Å²) in [5.74, 6) is 0.170. The van der Waals surface area contributed by atoms with Gasteiger partial charge in [0.25, 0.3) is 0 Å². The van der Waals surface area contributed by atoms with Gasteiger partial charge in [-0.3, -0.25) is 0 Å². The molecule has 0 fully saturated rings. The molecule has 7 heteroatoms. The topological polar surface area (TPSA) is 76.7 Å². The van der Waals surface area contributed by atoms with Crippen molar-refractivity contribution < 1.29 is 13.9 Å². The number of nitrogens with two attached hydrogens (primary N) is 1. The number of ether oxygens (including phenoxy) is 1. The molecular formula is C15H13ClFN3O2. The third-order valence-corrected chi connectivity index (χ3v) is 2.91. The van der Waals surface area contributed by atoms with Gasteiger partial charge in [-0.15, -0.1) is 0 Å².